The zero-order chi connectivity index (χ0) is 17.8. The van der Waals surface area contributed by atoms with Gasteiger partial charge in [0.25, 0.3) is 5.91 Å². The molecular weight excluding hydrogens is 328 g/mol. The summed E-state index contributed by atoms with van der Waals surface area (Å²) in [5.41, 5.74) is 2.52. The normalized spacial score (nSPS) is 14.9. The van der Waals surface area contributed by atoms with Crippen LogP contribution in [-0.4, -0.2) is 47.2 Å². The number of rotatable bonds is 3. The first-order chi connectivity index (χ1) is 12.8. The summed E-state index contributed by atoms with van der Waals surface area (Å²) in [6.45, 7) is 2.99. The zero-order valence-corrected chi connectivity index (χ0v) is 14.4. The lowest BCUT2D eigenvalue weighted by molar-refractivity contribution is 0.0766. The molecule has 26 heavy (non-hydrogen) atoms. The molecule has 6 heteroatoms. The number of furan rings is 1. The van der Waals surface area contributed by atoms with Gasteiger partial charge in [-0.05, 0) is 24.6 Å². The summed E-state index contributed by atoms with van der Waals surface area (Å²) in [6, 6.07) is 15.7. The summed E-state index contributed by atoms with van der Waals surface area (Å²) < 4.78 is 5.02. The van der Waals surface area contributed by atoms with Crippen molar-refractivity contribution in [1.29, 1.82) is 0 Å². The van der Waals surface area contributed by atoms with Gasteiger partial charge >= 0.3 is 0 Å². The van der Waals surface area contributed by atoms with Gasteiger partial charge in [-0.15, -0.1) is 10.2 Å². The van der Waals surface area contributed by atoms with Gasteiger partial charge in [0, 0.05) is 31.7 Å². The summed E-state index contributed by atoms with van der Waals surface area (Å²) in [7, 11) is 0. The molecule has 0 N–H and O–H groups in total. The fourth-order valence-corrected chi connectivity index (χ4v) is 3.18. The number of nitrogens with zero attached hydrogens (tertiary/aromatic N) is 4. The molecule has 2 aromatic heterocycles. The first-order valence-corrected chi connectivity index (χ1v) is 8.77. The third-order valence-corrected chi connectivity index (χ3v) is 4.60. The second-order valence-corrected chi connectivity index (χ2v) is 6.29. The first kappa shape index (κ1) is 16.3. The molecule has 3 aromatic rings. The van der Waals surface area contributed by atoms with E-state index in [1.54, 1.807) is 6.07 Å². The summed E-state index contributed by atoms with van der Waals surface area (Å²) >= 11 is 0. The lowest BCUT2D eigenvalue weighted by Gasteiger charge is -2.22. The van der Waals surface area contributed by atoms with Crippen LogP contribution in [0.4, 0.5) is 5.82 Å². The first-order valence-electron chi connectivity index (χ1n) is 8.77. The van der Waals surface area contributed by atoms with Crippen LogP contribution in [-0.2, 0) is 0 Å². The number of hydrogen-bond acceptors (Lipinski definition) is 5. The Morgan fingerprint density at radius 1 is 0.923 bits per heavy atom. The quantitative estimate of drug-likeness (QED) is 0.728. The lowest BCUT2D eigenvalue weighted by atomic mass is 10.1. The highest BCUT2D eigenvalue weighted by Gasteiger charge is 2.21. The Morgan fingerprint density at radius 2 is 1.81 bits per heavy atom. The molecule has 1 aromatic carbocycles. The van der Waals surface area contributed by atoms with E-state index in [-0.39, 0.29) is 5.91 Å². The van der Waals surface area contributed by atoms with Crippen LogP contribution >= 0.6 is 0 Å². The monoisotopic (exact) mass is 348 g/mol. The van der Waals surface area contributed by atoms with Crippen LogP contribution in [0.1, 0.15) is 16.8 Å². The van der Waals surface area contributed by atoms with E-state index in [4.69, 9.17) is 4.42 Å². The number of hydrogen-bond donors (Lipinski definition) is 0. The minimum Gasteiger partial charge on any atom is -0.472 e. The third kappa shape index (κ3) is 3.44. The Hall–Kier alpha value is -3.15. The average Bonchev–Trinajstić information content (AvgIpc) is 3.13. The molecule has 1 saturated heterocycles. The largest absolute Gasteiger partial charge is 0.472 e. The van der Waals surface area contributed by atoms with Crippen molar-refractivity contribution in [2.24, 2.45) is 0 Å². The molecule has 4 rings (SSSR count). The molecule has 6 nitrogen and oxygen atoms in total. The van der Waals surface area contributed by atoms with E-state index in [9.17, 15) is 4.79 Å². The predicted molar refractivity (Wildman–Crippen MR) is 98.9 cm³/mol. The van der Waals surface area contributed by atoms with Gasteiger partial charge in [-0.2, -0.15) is 0 Å². The number of anilines is 1. The van der Waals surface area contributed by atoms with Gasteiger partial charge in [-0.3, -0.25) is 4.79 Å². The van der Waals surface area contributed by atoms with E-state index in [1.807, 2.05) is 47.4 Å². The Labute approximate surface area is 152 Å². The Kier molecular flexibility index (Phi) is 4.64. The number of carbonyl (C=O) groups excluding carboxylic acids is 1. The topological polar surface area (TPSA) is 62.5 Å². The van der Waals surface area contributed by atoms with Crippen LogP contribution in [0.5, 0.6) is 0 Å². The second kappa shape index (κ2) is 7.39. The number of aromatic nitrogens is 2. The lowest BCUT2D eigenvalue weighted by Crippen LogP contribution is -2.35. The fourth-order valence-electron chi connectivity index (χ4n) is 3.18. The molecule has 1 fully saturated rings. The van der Waals surface area contributed by atoms with E-state index in [1.165, 1.54) is 12.5 Å². The molecule has 1 aliphatic heterocycles. The van der Waals surface area contributed by atoms with Crippen molar-refractivity contribution in [2.75, 3.05) is 31.1 Å². The molecular formula is C20H20N4O2. The van der Waals surface area contributed by atoms with Gasteiger partial charge in [0.05, 0.1) is 17.5 Å². The SMILES string of the molecule is O=C(c1ccoc1)N1CCCN(c2ccc(-c3ccccc3)nn2)CC1. The molecule has 0 spiro atoms. The maximum Gasteiger partial charge on any atom is 0.257 e. The highest BCUT2D eigenvalue weighted by atomic mass is 16.3. The van der Waals surface area contributed by atoms with E-state index >= 15 is 0 Å². The average molecular weight is 348 g/mol. The molecule has 0 unspecified atom stereocenters. The van der Waals surface area contributed by atoms with Crippen molar-refractivity contribution < 1.29 is 9.21 Å². The van der Waals surface area contributed by atoms with Crippen LogP contribution in [0.3, 0.4) is 0 Å². The van der Waals surface area contributed by atoms with E-state index in [2.05, 4.69) is 15.1 Å². The van der Waals surface area contributed by atoms with Gasteiger partial charge < -0.3 is 14.2 Å². The van der Waals surface area contributed by atoms with Crippen LogP contribution in [0.25, 0.3) is 11.3 Å². The van der Waals surface area contributed by atoms with Gasteiger partial charge in [-0.1, -0.05) is 30.3 Å². The van der Waals surface area contributed by atoms with Gasteiger partial charge in [0.1, 0.15) is 6.26 Å². The third-order valence-electron chi connectivity index (χ3n) is 4.60. The number of benzene rings is 1. The van der Waals surface area contributed by atoms with E-state index in [0.29, 0.717) is 12.1 Å². The highest BCUT2D eigenvalue weighted by Crippen LogP contribution is 2.19. The molecule has 3 heterocycles. The minimum absolute atomic E-state index is 0.0195. The van der Waals surface area contributed by atoms with Crippen molar-refractivity contribution in [2.45, 2.75) is 6.42 Å². The van der Waals surface area contributed by atoms with Crippen LogP contribution in [0.2, 0.25) is 0 Å². The standard InChI is InChI=1S/C20H20N4O2/c25-20(17-9-14-26-15-17)24-11-4-10-23(12-13-24)19-8-7-18(21-22-19)16-5-2-1-3-6-16/h1-3,5-9,14-15H,4,10-13H2. The number of carbonyl (C=O) groups is 1. The van der Waals surface area contributed by atoms with E-state index in [0.717, 1.165) is 43.1 Å². The molecule has 0 radical (unpaired) electrons. The maximum absolute atomic E-state index is 12.5. The van der Waals surface area contributed by atoms with Crippen molar-refractivity contribution in [1.82, 2.24) is 15.1 Å². The Morgan fingerprint density at radius 3 is 2.54 bits per heavy atom. The molecule has 0 aliphatic carbocycles. The van der Waals surface area contributed by atoms with Crippen LogP contribution in [0, 0.1) is 0 Å². The van der Waals surface area contributed by atoms with Crippen molar-refractivity contribution in [3.8, 4) is 11.3 Å². The maximum atomic E-state index is 12.5. The highest BCUT2D eigenvalue weighted by molar-refractivity contribution is 5.93. The molecule has 1 amide bonds. The van der Waals surface area contributed by atoms with Gasteiger partial charge in [0.2, 0.25) is 0 Å². The fraction of sp³-hybridized carbons (Fsp3) is 0.250. The Balaban J connectivity index is 1.43. The van der Waals surface area contributed by atoms with E-state index < -0.39 is 0 Å². The minimum atomic E-state index is 0.0195. The van der Waals surface area contributed by atoms with Gasteiger partial charge in [0.15, 0.2) is 5.82 Å². The summed E-state index contributed by atoms with van der Waals surface area (Å²) in [6.07, 6.45) is 3.92. The molecule has 0 saturated carbocycles. The molecule has 0 bridgehead atoms. The molecule has 1 aliphatic rings. The second-order valence-electron chi connectivity index (χ2n) is 6.29. The van der Waals surface area contributed by atoms with Crippen molar-refractivity contribution >= 4 is 11.7 Å². The predicted octanol–water partition coefficient (Wildman–Crippen LogP) is 3.09. The summed E-state index contributed by atoms with van der Waals surface area (Å²) in [4.78, 5) is 16.5. The summed E-state index contributed by atoms with van der Waals surface area (Å²) in [5.74, 6) is 0.869. The molecule has 132 valence electrons. The number of amides is 1. The zero-order valence-electron chi connectivity index (χ0n) is 14.4. The summed E-state index contributed by atoms with van der Waals surface area (Å²) in [5, 5.41) is 8.76. The smallest absolute Gasteiger partial charge is 0.257 e. The van der Waals surface area contributed by atoms with Crippen LogP contribution in [0.15, 0.2) is 65.5 Å². The van der Waals surface area contributed by atoms with Crippen LogP contribution < -0.4 is 4.90 Å². The van der Waals surface area contributed by atoms with Gasteiger partial charge in [-0.25, -0.2) is 0 Å². The van der Waals surface area contributed by atoms with Crippen molar-refractivity contribution in [3.05, 3.63) is 66.6 Å². The molecule has 0 atom stereocenters. The van der Waals surface area contributed by atoms with Crippen molar-refractivity contribution in [3.63, 3.8) is 0 Å². The Bertz CT molecular complexity index is 847.